The number of anilines is 3. The zero-order valence-electron chi connectivity index (χ0n) is 19.1. The van der Waals surface area contributed by atoms with E-state index >= 15 is 0 Å². The van der Waals surface area contributed by atoms with Crippen molar-refractivity contribution in [2.75, 3.05) is 29.1 Å². The van der Waals surface area contributed by atoms with E-state index in [2.05, 4.69) is 25.8 Å². The Hall–Kier alpha value is -4.94. The maximum Gasteiger partial charge on any atom is 0.261 e. The number of aromatic nitrogens is 5. The zero-order valence-corrected chi connectivity index (χ0v) is 19.1. The first-order chi connectivity index (χ1) is 17.7. The number of aliphatic hydroxyl groups is 1. The second-order valence-electron chi connectivity index (χ2n) is 8.28. The zero-order chi connectivity index (χ0) is 26.3. The maximum absolute atomic E-state index is 14.9. The molecule has 1 aliphatic heterocycles. The molecule has 2 unspecified atom stereocenters. The standard InChI is InChI=1S/C22H18FN9O5/c1-22(35,21(34)27-11-2-3-14-16(7-11)37-30-18(14)25)17-20(33)31(4-5-36-17)19-15(23)10-32(29-19)13-6-12(8-24)28-26-9-13/h2-3,6-7,9-10,17,35H,4-5H2,1H3,(H2,25,30)(H,27,34). The highest BCUT2D eigenvalue weighted by molar-refractivity contribution is 6.06. The Labute approximate surface area is 207 Å². The lowest BCUT2D eigenvalue weighted by molar-refractivity contribution is -0.165. The molecule has 0 bridgehead atoms. The number of hydrogen-bond donors (Lipinski definition) is 3. The minimum Gasteiger partial charge on any atom is -0.380 e. The van der Waals surface area contributed by atoms with Gasteiger partial charge in [0.1, 0.15) is 6.07 Å². The third-order valence-corrected chi connectivity index (χ3v) is 5.74. The fraction of sp³-hybridized carbons (Fsp3) is 0.227. The van der Waals surface area contributed by atoms with Crippen LogP contribution in [0, 0.1) is 17.1 Å². The van der Waals surface area contributed by atoms with E-state index < -0.39 is 29.3 Å². The smallest absolute Gasteiger partial charge is 0.261 e. The number of amides is 2. The van der Waals surface area contributed by atoms with Crippen LogP contribution in [0.4, 0.5) is 21.7 Å². The normalized spacial score (nSPS) is 17.4. The number of rotatable bonds is 5. The van der Waals surface area contributed by atoms with E-state index in [1.54, 1.807) is 6.07 Å². The Morgan fingerprint density at radius 2 is 2.22 bits per heavy atom. The van der Waals surface area contributed by atoms with Gasteiger partial charge >= 0.3 is 0 Å². The van der Waals surface area contributed by atoms with Crippen molar-refractivity contribution in [1.29, 1.82) is 5.26 Å². The highest BCUT2D eigenvalue weighted by Gasteiger charge is 2.49. The number of nitrogens with two attached hydrogens (primary N) is 1. The monoisotopic (exact) mass is 507 g/mol. The van der Waals surface area contributed by atoms with Gasteiger partial charge in [0.05, 0.1) is 36.6 Å². The van der Waals surface area contributed by atoms with Crippen LogP contribution in [0.15, 0.2) is 41.2 Å². The number of hydrogen-bond acceptors (Lipinski definition) is 11. The number of carbonyl (C=O) groups excluding carboxylic acids is 2. The first kappa shape index (κ1) is 23.8. The van der Waals surface area contributed by atoms with Crippen LogP contribution in [0.2, 0.25) is 0 Å². The lowest BCUT2D eigenvalue weighted by Crippen LogP contribution is -2.61. The highest BCUT2D eigenvalue weighted by Crippen LogP contribution is 2.28. The summed E-state index contributed by atoms with van der Waals surface area (Å²) >= 11 is 0. The second-order valence-corrected chi connectivity index (χ2v) is 8.28. The molecule has 2 amide bonds. The molecule has 37 heavy (non-hydrogen) atoms. The molecule has 4 aromatic rings. The predicted molar refractivity (Wildman–Crippen MR) is 124 cm³/mol. The number of morpholine rings is 1. The van der Waals surface area contributed by atoms with E-state index in [1.165, 1.54) is 24.4 Å². The molecule has 15 heteroatoms. The van der Waals surface area contributed by atoms with Gasteiger partial charge in [0.2, 0.25) is 0 Å². The number of ether oxygens (including phenoxy) is 1. The molecular weight excluding hydrogens is 489 g/mol. The molecule has 2 atom stereocenters. The molecule has 0 aliphatic carbocycles. The van der Waals surface area contributed by atoms with E-state index in [0.29, 0.717) is 11.0 Å². The largest absolute Gasteiger partial charge is 0.380 e. The van der Waals surface area contributed by atoms with Gasteiger partial charge in [-0.1, -0.05) is 5.16 Å². The van der Waals surface area contributed by atoms with Crippen LogP contribution in [-0.4, -0.2) is 66.9 Å². The fourth-order valence-corrected chi connectivity index (χ4v) is 3.80. The van der Waals surface area contributed by atoms with Crippen molar-refractivity contribution >= 4 is 40.1 Å². The van der Waals surface area contributed by atoms with Crippen LogP contribution >= 0.6 is 0 Å². The first-order valence-electron chi connectivity index (χ1n) is 10.8. The van der Waals surface area contributed by atoms with E-state index in [-0.39, 0.29) is 41.9 Å². The Bertz CT molecular complexity index is 1570. The number of halogens is 1. The number of nitrogen functional groups attached to an aromatic ring is 1. The summed E-state index contributed by atoms with van der Waals surface area (Å²) in [7, 11) is 0. The Kier molecular flexibility index (Phi) is 5.74. The summed E-state index contributed by atoms with van der Waals surface area (Å²) in [6, 6.07) is 7.71. The molecule has 4 heterocycles. The number of nitrogens with zero attached hydrogens (tertiary/aromatic N) is 7. The molecule has 1 saturated heterocycles. The van der Waals surface area contributed by atoms with Crippen molar-refractivity contribution < 1.29 is 28.3 Å². The molecule has 1 aromatic carbocycles. The van der Waals surface area contributed by atoms with Gasteiger partial charge in [-0.05, 0) is 19.1 Å². The molecule has 1 aliphatic rings. The number of nitrogens with one attached hydrogen (secondary N) is 1. The predicted octanol–water partition coefficient (Wildman–Crippen LogP) is 0.518. The third-order valence-electron chi connectivity index (χ3n) is 5.74. The summed E-state index contributed by atoms with van der Waals surface area (Å²) in [4.78, 5) is 27.2. The summed E-state index contributed by atoms with van der Waals surface area (Å²) in [5.74, 6) is -2.84. The summed E-state index contributed by atoms with van der Waals surface area (Å²) < 4.78 is 26.5. The van der Waals surface area contributed by atoms with Gasteiger partial charge in [0, 0.05) is 17.8 Å². The number of nitriles is 1. The Balaban J connectivity index is 1.37. The Morgan fingerprint density at radius 1 is 1.41 bits per heavy atom. The first-order valence-corrected chi connectivity index (χ1v) is 10.8. The molecule has 0 saturated carbocycles. The van der Waals surface area contributed by atoms with E-state index in [4.69, 9.17) is 20.3 Å². The minimum atomic E-state index is -2.35. The molecule has 0 radical (unpaired) electrons. The number of benzene rings is 1. The van der Waals surface area contributed by atoms with Crippen molar-refractivity contribution in [1.82, 2.24) is 25.1 Å². The van der Waals surface area contributed by atoms with Crippen molar-refractivity contribution in [2.45, 2.75) is 18.6 Å². The Morgan fingerprint density at radius 3 is 3.00 bits per heavy atom. The van der Waals surface area contributed by atoms with E-state index in [1.807, 2.05) is 6.07 Å². The topological polar surface area (TPSA) is 198 Å². The third kappa shape index (κ3) is 4.20. The van der Waals surface area contributed by atoms with Crippen molar-refractivity contribution in [2.24, 2.45) is 0 Å². The molecule has 14 nitrogen and oxygen atoms in total. The van der Waals surface area contributed by atoms with Gasteiger partial charge in [0.15, 0.2) is 40.4 Å². The summed E-state index contributed by atoms with van der Waals surface area (Å²) in [5.41, 5.74) is 4.13. The van der Waals surface area contributed by atoms with E-state index in [0.717, 1.165) is 22.7 Å². The summed E-state index contributed by atoms with van der Waals surface area (Å²) in [6.07, 6.45) is 0.603. The summed E-state index contributed by atoms with van der Waals surface area (Å²) in [6.45, 7) is 0.924. The van der Waals surface area contributed by atoms with Gasteiger partial charge < -0.3 is 25.4 Å². The van der Waals surface area contributed by atoms with Gasteiger partial charge in [-0.2, -0.15) is 10.4 Å². The number of carbonyl (C=O) groups is 2. The fourth-order valence-electron chi connectivity index (χ4n) is 3.80. The molecule has 4 N–H and O–H groups in total. The van der Waals surface area contributed by atoms with Gasteiger partial charge in [-0.15, -0.1) is 10.2 Å². The second kappa shape index (κ2) is 8.93. The van der Waals surface area contributed by atoms with Gasteiger partial charge in [0.25, 0.3) is 11.8 Å². The average molecular weight is 507 g/mol. The van der Waals surface area contributed by atoms with E-state index in [9.17, 15) is 19.1 Å². The van der Waals surface area contributed by atoms with Crippen molar-refractivity contribution in [3.63, 3.8) is 0 Å². The lowest BCUT2D eigenvalue weighted by atomic mass is 9.95. The highest BCUT2D eigenvalue weighted by atomic mass is 19.1. The van der Waals surface area contributed by atoms with Crippen LogP contribution in [0.25, 0.3) is 16.7 Å². The van der Waals surface area contributed by atoms with Gasteiger partial charge in [-0.3, -0.25) is 14.5 Å². The molecule has 0 spiro atoms. The molecule has 5 rings (SSSR count). The lowest BCUT2D eigenvalue weighted by Gasteiger charge is -2.37. The SMILES string of the molecule is CC(O)(C(=O)Nc1ccc2c(N)noc2c1)C1OCCN(c2nn(-c3cnnc(C#N)c3)cc2F)C1=O. The van der Waals surface area contributed by atoms with Crippen molar-refractivity contribution in [3.05, 3.63) is 48.2 Å². The minimum absolute atomic E-state index is 0.00884. The quantitative estimate of drug-likeness (QED) is 0.340. The summed E-state index contributed by atoms with van der Waals surface area (Å²) in [5, 5.41) is 38.1. The van der Waals surface area contributed by atoms with Crippen LogP contribution in [0.1, 0.15) is 12.6 Å². The van der Waals surface area contributed by atoms with Crippen molar-refractivity contribution in [3.8, 4) is 11.8 Å². The van der Waals surface area contributed by atoms with Gasteiger partial charge in [-0.25, -0.2) is 9.07 Å². The maximum atomic E-state index is 14.9. The van der Waals surface area contributed by atoms with Crippen LogP contribution in [-0.2, 0) is 14.3 Å². The van der Waals surface area contributed by atoms with Crippen LogP contribution in [0.3, 0.4) is 0 Å². The molecule has 1 fully saturated rings. The average Bonchev–Trinajstić information content (AvgIpc) is 3.46. The molecule has 3 aromatic heterocycles. The molecule has 188 valence electrons. The van der Waals surface area contributed by atoms with Crippen LogP contribution in [0.5, 0.6) is 0 Å². The van der Waals surface area contributed by atoms with Crippen LogP contribution < -0.4 is 16.0 Å². The molecular formula is C22H18FN9O5. The number of fused-ring (bicyclic) bond motifs is 1.